The third-order valence-corrected chi connectivity index (χ3v) is 3.46. The van der Waals surface area contributed by atoms with Crippen LogP contribution in [0.3, 0.4) is 0 Å². The number of carbonyl (C=O) groups is 2. The van der Waals surface area contributed by atoms with Crippen molar-refractivity contribution in [2.75, 3.05) is 26.7 Å². The monoisotopic (exact) mass is 239 g/mol. The number of piperidine rings is 1. The van der Waals surface area contributed by atoms with Crippen LogP contribution < -0.4 is 10.6 Å². The second-order valence-electron chi connectivity index (χ2n) is 5.14. The van der Waals surface area contributed by atoms with Crippen molar-refractivity contribution < 1.29 is 9.59 Å². The summed E-state index contributed by atoms with van der Waals surface area (Å²) < 4.78 is 0. The van der Waals surface area contributed by atoms with E-state index in [9.17, 15) is 9.59 Å². The summed E-state index contributed by atoms with van der Waals surface area (Å²) in [5.41, 5.74) is 0. The molecule has 0 radical (unpaired) electrons. The van der Waals surface area contributed by atoms with E-state index in [1.165, 1.54) is 12.8 Å². The smallest absolute Gasteiger partial charge is 0.233 e. The van der Waals surface area contributed by atoms with Crippen LogP contribution in [0, 0.1) is 5.92 Å². The normalized spacial score (nSPS) is 24.9. The summed E-state index contributed by atoms with van der Waals surface area (Å²) in [5, 5.41) is 6.13. The molecule has 0 aromatic rings. The van der Waals surface area contributed by atoms with Gasteiger partial charge in [0.1, 0.15) is 0 Å². The lowest BCUT2D eigenvalue weighted by atomic mass is 10.1. The molecular weight excluding hydrogens is 218 g/mol. The van der Waals surface area contributed by atoms with E-state index in [1.54, 1.807) is 4.90 Å². The second kappa shape index (κ2) is 5.49. The number of carbonyl (C=O) groups excluding carboxylic acids is 2. The Labute approximate surface area is 102 Å². The Morgan fingerprint density at radius 3 is 2.82 bits per heavy atom. The molecule has 2 aliphatic rings. The number of nitrogens with one attached hydrogen (secondary N) is 2. The summed E-state index contributed by atoms with van der Waals surface area (Å²) in [4.78, 5) is 24.5. The predicted molar refractivity (Wildman–Crippen MR) is 64.4 cm³/mol. The van der Waals surface area contributed by atoms with E-state index >= 15 is 0 Å². The van der Waals surface area contributed by atoms with Gasteiger partial charge in [-0.3, -0.25) is 9.59 Å². The topological polar surface area (TPSA) is 61.4 Å². The van der Waals surface area contributed by atoms with Crippen LogP contribution in [0.5, 0.6) is 0 Å². The lowest BCUT2D eigenvalue weighted by molar-refractivity contribution is -0.132. The first-order valence-electron chi connectivity index (χ1n) is 6.39. The Bertz CT molecular complexity index is 302. The summed E-state index contributed by atoms with van der Waals surface area (Å²) >= 11 is 0. The Morgan fingerprint density at radius 2 is 2.18 bits per heavy atom. The zero-order valence-electron chi connectivity index (χ0n) is 10.4. The van der Waals surface area contributed by atoms with Gasteiger partial charge in [-0.15, -0.1) is 0 Å². The molecule has 1 saturated carbocycles. The zero-order chi connectivity index (χ0) is 12.3. The average molecular weight is 239 g/mol. The highest BCUT2D eigenvalue weighted by Gasteiger charge is 2.24. The van der Waals surface area contributed by atoms with Crippen molar-refractivity contribution in [3.05, 3.63) is 0 Å². The van der Waals surface area contributed by atoms with Crippen LogP contribution >= 0.6 is 0 Å². The second-order valence-corrected chi connectivity index (χ2v) is 5.14. The summed E-state index contributed by atoms with van der Waals surface area (Å²) in [5.74, 6) is 0.982. The predicted octanol–water partition coefficient (Wildman–Crippen LogP) is -0.277. The van der Waals surface area contributed by atoms with Gasteiger partial charge in [-0.1, -0.05) is 0 Å². The average Bonchev–Trinajstić information content (AvgIpc) is 3.12. The van der Waals surface area contributed by atoms with Gasteiger partial charge in [-0.2, -0.15) is 0 Å². The lowest BCUT2D eigenvalue weighted by Crippen LogP contribution is -2.49. The molecule has 1 aliphatic heterocycles. The number of amides is 2. The number of hydrogen-bond donors (Lipinski definition) is 2. The van der Waals surface area contributed by atoms with Crippen LogP contribution in [0.1, 0.15) is 25.7 Å². The Balaban J connectivity index is 1.60. The van der Waals surface area contributed by atoms with Gasteiger partial charge in [0.15, 0.2) is 0 Å². The van der Waals surface area contributed by atoms with Crippen molar-refractivity contribution in [2.45, 2.75) is 31.7 Å². The third kappa shape index (κ3) is 4.00. The molecule has 17 heavy (non-hydrogen) atoms. The van der Waals surface area contributed by atoms with E-state index in [0.29, 0.717) is 19.5 Å². The van der Waals surface area contributed by atoms with Gasteiger partial charge >= 0.3 is 0 Å². The maximum absolute atomic E-state index is 11.5. The molecule has 1 heterocycles. The number of hydrogen-bond acceptors (Lipinski definition) is 3. The van der Waals surface area contributed by atoms with Gasteiger partial charge in [0.25, 0.3) is 0 Å². The van der Waals surface area contributed by atoms with E-state index < -0.39 is 0 Å². The van der Waals surface area contributed by atoms with E-state index in [4.69, 9.17) is 0 Å². The van der Waals surface area contributed by atoms with Crippen LogP contribution in [0.25, 0.3) is 0 Å². The SMILES string of the molecule is CN1CC(NCC(=O)NCC2CC2)CCC1=O. The van der Waals surface area contributed by atoms with E-state index in [2.05, 4.69) is 10.6 Å². The minimum atomic E-state index is 0.0662. The fraction of sp³-hybridized carbons (Fsp3) is 0.833. The first kappa shape index (κ1) is 12.4. The molecule has 0 aromatic heterocycles. The highest BCUT2D eigenvalue weighted by atomic mass is 16.2. The summed E-state index contributed by atoms with van der Waals surface area (Å²) in [6.45, 7) is 1.89. The zero-order valence-corrected chi connectivity index (χ0v) is 10.4. The lowest BCUT2D eigenvalue weighted by Gasteiger charge is -2.30. The number of likely N-dealkylation sites (tertiary alicyclic amines) is 1. The molecule has 2 amide bonds. The molecule has 5 nitrogen and oxygen atoms in total. The molecule has 5 heteroatoms. The van der Waals surface area contributed by atoms with Crippen LogP contribution in [0.2, 0.25) is 0 Å². The summed E-state index contributed by atoms with van der Waals surface area (Å²) in [6, 6.07) is 0.254. The first-order valence-corrected chi connectivity index (χ1v) is 6.39. The highest BCUT2D eigenvalue weighted by molar-refractivity contribution is 5.78. The molecule has 0 bridgehead atoms. The molecular formula is C12H21N3O2. The summed E-state index contributed by atoms with van der Waals surface area (Å²) in [7, 11) is 1.81. The van der Waals surface area contributed by atoms with Crippen molar-refractivity contribution in [3.8, 4) is 0 Å². The maximum Gasteiger partial charge on any atom is 0.233 e. The van der Waals surface area contributed by atoms with Crippen LogP contribution in [-0.4, -0.2) is 49.4 Å². The molecule has 1 atom stereocenters. The quantitative estimate of drug-likeness (QED) is 0.694. The molecule has 96 valence electrons. The summed E-state index contributed by atoms with van der Waals surface area (Å²) in [6.07, 6.45) is 3.92. The maximum atomic E-state index is 11.5. The first-order chi connectivity index (χ1) is 8.15. The molecule has 2 fully saturated rings. The fourth-order valence-electron chi connectivity index (χ4n) is 2.06. The minimum Gasteiger partial charge on any atom is -0.355 e. The molecule has 2 N–H and O–H groups in total. The Hall–Kier alpha value is -1.10. The molecule has 2 rings (SSSR count). The highest BCUT2D eigenvalue weighted by Crippen LogP contribution is 2.27. The van der Waals surface area contributed by atoms with Gasteiger partial charge in [-0.25, -0.2) is 0 Å². The van der Waals surface area contributed by atoms with E-state index in [0.717, 1.165) is 18.9 Å². The molecule has 1 saturated heterocycles. The van der Waals surface area contributed by atoms with Gasteiger partial charge in [-0.05, 0) is 25.2 Å². The van der Waals surface area contributed by atoms with Crippen molar-refractivity contribution in [1.29, 1.82) is 0 Å². The molecule has 1 aliphatic carbocycles. The Morgan fingerprint density at radius 1 is 1.41 bits per heavy atom. The minimum absolute atomic E-state index is 0.0662. The Kier molecular flexibility index (Phi) is 3.99. The number of rotatable bonds is 5. The van der Waals surface area contributed by atoms with Crippen LogP contribution in [-0.2, 0) is 9.59 Å². The van der Waals surface area contributed by atoms with Gasteiger partial charge in [0.2, 0.25) is 11.8 Å². The fourth-order valence-corrected chi connectivity index (χ4v) is 2.06. The molecule has 1 unspecified atom stereocenters. The number of nitrogens with zero attached hydrogens (tertiary/aromatic N) is 1. The third-order valence-electron chi connectivity index (χ3n) is 3.46. The van der Waals surface area contributed by atoms with Gasteiger partial charge in [0, 0.05) is 32.6 Å². The van der Waals surface area contributed by atoms with Gasteiger partial charge in [0.05, 0.1) is 6.54 Å². The van der Waals surface area contributed by atoms with Crippen molar-refractivity contribution in [3.63, 3.8) is 0 Å². The largest absolute Gasteiger partial charge is 0.355 e. The van der Waals surface area contributed by atoms with Crippen molar-refractivity contribution >= 4 is 11.8 Å². The van der Waals surface area contributed by atoms with Crippen molar-refractivity contribution in [2.24, 2.45) is 5.92 Å². The van der Waals surface area contributed by atoms with Gasteiger partial charge < -0.3 is 15.5 Å². The van der Waals surface area contributed by atoms with Crippen LogP contribution in [0.4, 0.5) is 0 Å². The molecule has 0 spiro atoms. The standard InChI is InChI=1S/C12H21N3O2/c1-15-8-10(4-5-12(15)17)13-7-11(16)14-6-9-2-3-9/h9-10,13H,2-8H2,1H3,(H,14,16). The van der Waals surface area contributed by atoms with Crippen molar-refractivity contribution in [1.82, 2.24) is 15.5 Å². The van der Waals surface area contributed by atoms with E-state index in [-0.39, 0.29) is 17.9 Å². The van der Waals surface area contributed by atoms with Crippen LogP contribution in [0.15, 0.2) is 0 Å². The number of likely N-dealkylation sites (N-methyl/N-ethyl adjacent to an activating group) is 1. The van der Waals surface area contributed by atoms with E-state index in [1.807, 2.05) is 7.05 Å². The molecule has 0 aromatic carbocycles.